The van der Waals surface area contributed by atoms with Gasteiger partial charge in [0.1, 0.15) is 0 Å². The lowest BCUT2D eigenvalue weighted by atomic mass is 10.0. The van der Waals surface area contributed by atoms with E-state index in [1.807, 2.05) is 6.92 Å². The predicted octanol–water partition coefficient (Wildman–Crippen LogP) is -1.45. The van der Waals surface area contributed by atoms with Crippen molar-refractivity contribution in [2.45, 2.75) is 25.5 Å². The molecule has 0 saturated carbocycles. The van der Waals surface area contributed by atoms with Gasteiger partial charge in [-0.1, -0.05) is 0 Å². The number of amides is 1. The van der Waals surface area contributed by atoms with Crippen molar-refractivity contribution in [2.24, 2.45) is 5.92 Å². The molecule has 6 heteroatoms. The first kappa shape index (κ1) is 11.9. The second-order valence-electron chi connectivity index (χ2n) is 3.74. The first-order valence-corrected chi connectivity index (χ1v) is 4.94. The maximum absolute atomic E-state index is 11.5. The molecule has 1 fully saturated rings. The van der Waals surface area contributed by atoms with Gasteiger partial charge in [-0.2, -0.15) is 0 Å². The first-order chi connectivity index (χ1) is 7.02. The summed E-state index contributed by atoms with van der Waals surface area (Å²) in [5.41, 5.74) is 0. The Kier molecular flexibility index (Phi) is 4.05. The van der Waals surface area contributed by atoms with Crippen LogP contribution in [0.2, 0.25) is 0 Å². The van der Waals surface area contributed by atoms with E-state index in [9.17, 15) is 9.59 Å². The monoisotopic (exact) mass is 216 g/mol. The van der Waals surface area contributed by atoms with Gasteiger partial charge in [0.2, 0.25) is 5.91 Å². The van der Waals surface area contributed by atoms with E-state index in [0.29, 0.717) is 0 Å². The van der Waals surface area contributed by atoms with Gasteiger partial charge in [-0.25, -0.2) is 4.79 Å². The molecular formula is C9H16N2O4. The SMILES string of the molecule is CC1NCCC1C(=O)NCC(O)C(=O)O. The lowest BCUT2D eigenvalue weighted by molar-refractivity contribution is -0.146. The van der Waals surface area contributed by atoms with Gasteiger partial charge in [0.05, 0.1) is 12.5 Å². The molecule has 15 heavy (non-hydrogen) atoms. The average molecular weight is 216 g/mol. The lowest BCUT2D eigenvalue weighted by Gasteiger charge is -2.15. The fourth-order valence-corrected chi connectivity index (χ4v) is 1.63. The lowest BCUT2D eigenvalue weighted by Crippen LogP contribution is -2.42. The van der Waals surface area contributed by atoms with Crippen molar-refractivity contribution in [1.29, 1.82) is 0 Å². The maximum Gasteiger partial charge on any atom is 0.334 e. The summed E-state index contributed by atoms with van der Waals surface area (Å²) < 4.78 is 0. The topological polar surface area (TPSA) is 98.7 Å². The van der Waals surface area contributed by atoms with Crippen molar-refractivity contribution in [3.8, 4) is 0 Å². The molecule has 0 aromatic carbocycles. The van der Waals surface area contributed by atoms with Crippen LogP contribution in [0.3, 0.4) is 0 Å². The van der Waals surface area contributed by atoms with E-state index < -0.39 is 12.1 Å². The molecule has 3 atom stereocenters. The summed E-state index contributed by atoms with van der Waals surface area (Å²) in [5, 5.41) is 22.9. The molecule has 0 aromatic rings. The molecule has 1 aliphatic heterocycles. The second-order valence-corrected chi connectivity index (χ2v) is 3.74. The molecule has 1 saturated heterocycles. The molecule has 0 aliphatic carbocycles. The number of hydrogen-bond donors (Lipinski definition) is 4. The largest absolute Gasteiger partial charge is 0.479 e. The number of carboxylic acid groups (broad SMARTS) is 1. The van der Waals surface area contributed by atoms with Crippen LogP contribution in [0, 0.1) is 5.92 Å². The Hall–Kier alpha value is -1.14. The Bertz CT molecular complexity index is 256. The van der Waals surface area contributed by atoms with Crippen molar-refractivity contribution in [3.05, 3.63) is 0 Å². The third kappa shape index (κ3) is 3.17. The van der Waals surface area contributed by atoms with Crippen LogP contribution in [0.15, 0.2) is 0 Å². The summed E-state index contributed by atoms with van der Waals surface area (Å²) in [6.45, 7) is 2.46. The van der Waals surface area contributed by atoms with Crippen LogP contribution in [0.4, 0.5) is 0 Å². The van der Waals surface area contributed by atoms with E-state index >= 15 is 0 Å². The van der Waals surface area contributed by atoms with Gasteiger partial charge in [-0.3, -0.25) is 4.79 Å². The molecule has 6 nitrogen and oxygen atoms in total. The minimum absolute atomic E-state index is 0.104. The smallest absolute Gasteiger partial charge is 0.334 e. The van der Waals surface area contributed by atoms with Crippen molar-refractivity contribution in [1.82, 2.24) is 10.6 Å². The molecule has 86 valence electrons. The number of hydrogen-bond acceptors (Lipinski definition) is 4. The van der Waals surface area contributed by atoms with Gasteiger partial charge in [-0.05, 0) is 19.9 Å². The number of carboxylic acids is 1. The van der Waals surface area contributed by atoms with E-state index in [4.69, 9.17) is 10.2 Å². The molecule has 1 aliphatic rings. The molecule has 1 heterocycles. The number of aliphatic hydroxyl groups is 1. The molecule has 1 rings (SSSR count). The molecule has 4 N–H and O–H groups in total. The minimum atomic E-state index is -1.53. The third-order valence-corrected chi connectivity index (χ3v) is 2.62. The minimum Gasteiger partial charge on any atom is -0.479 e. The molecule has 0 spiro atoms. The van der Waals surface area contributed by atoms with E-state index in [1.165, 1.54) is 0 Å². The Morgan fingerprint density at radius 2 is 2.27 bits per heavy atom. The number of aliphatic carboxylic acids is 1. The summed E-state index contributed by atoms with van der Waals surface area (Å²) in [7, 11) is 0. The highest BCUT2D eigenvalue weighted by molar-refractivity contribution is 5.80. The summed E-state index contributed by atoms with van der Waals surface area (Å²) in [6, 6.07) is 0.104. The number of aliphatic hydroxyl groups excluding tert-OH is 1. The Morgan fingerprint density at radius 1 is 1.60 bits per heavy atom. The fraction of sp³-hybridized carbons (Fsp3) is 0.778. The zero-order valence-corrected chi connectivity index (χ0v) is 8.56. The van der Waals surface area contributed by atoms with Gasteiger partial charge in [0.15, 0.2) is 6.10 Å². The third-order valence-electron chi connectivity index (χ3n) is 2.62. The molecule has 0 aromatic heterocycles. The standard InChI is InChI=1S/C9H16N2O4/c1-5-6(2-3-10-5)8(13)11-4-7(12)9(14)15/h5-7,10,12H,2-4H2,1H3,(H,11,13)(H,14,15). The van der Waals surface area contributed by atoms with Gasteiger partial charge >= 0.3 is 5.97 Å². The van der Waals surface area contributed by atoms with Crippen LogP contribution in [0.25, 0.3) is 0 Å². The Balaban J connectivity index is 2.32. The quantitative estimate of drug-likeness (QED) is 0.460. The maximum atomic E-state index is 11.5. The fourth-order valence-electron chi connectivity index (χ4n) is 1.63. The average Bonchev–Trinajstić information content (AvgIpc) is 2.60. The molecule has 0 bridgehead atoms. The van der Waals surface area contributed by atoms with Crippen LogP contribution < -0.4 is 10.6 Å². The molecule has 3 unspecified atom stereocenters. The highest BCUT2D eigenvalue weighted by Gasteiger charge is 2.29. The zero-order chi connectivity index (χ0) is 11.4. The van der Waals surface area contributed by atoms with Crippen molar-refractivity contribution in [3.63, 3.8) is 0 Å². The van der Waals surface area contributed by atoms with Gasteiger partial charge in [0.25, 0.3) is 0 Å². The summed E-state index contributed by atoms with van der Waals surface area (Å²) in [6.07, 6.45) is -0.783. The van der Waals surface area contributed by atoms with Crippen LogP contribution in [-0.4, -0.2) is 47.3 Å². The second kappa shape index (κ2) is 5.09. The van der Waals surface area contributed by atoms with Crippen LogP contribution in [-0.2, 0) is 9.59 Å². The van der Waals surface area contributed by atoms with Gasteiger partial charge in [-0.15, -0.1) is 0 Å². The number of carbonyl (C=O) groups excluding carboxylic acids is 1. The van der Waals surface area contributed by atoms with E-state index in [2.05, 4.69) is 10.6 Å². The number of rotatable bonds is 4. The van der Waals surface area contributed by atoms with Crippen molar-refractivity contribution < 1.29 is 19.8 Å². The summed E-state index contributed by atoms with van der Waals surface area (Å²) in [5.74, 6) is -1.66. The van der Waals surface area contributed by atoms with Gasteiger partial charge in [0, 0.05) is 6.04 Å². The van der Waals surface area contributed by atoms with E-state index in [0.717, 1.165) is 13.0 Å². The van der Waals surface area contributed by atoms with Crippen molar-refractivity contribution >= 4 is 11.9 Å². The normalized spacial score (nSPS) is 27.3. The van der Waals surface area contributed by atoms with Crippen LogP contribution in [0.5, 0.6) is 0 Å². The Labute approximate surface area is 87.7 Å². The zero-order valence-electron chi connectivity index (χ0n) is 8.56. The Morgan fingerprint density at radius 3 is 2.73 bits per heavy atom. The van der Waals surface area contributed by atoms with E-state index in [-0.39, 0.29) is 24.4 Å². The summed E-state index contributed by atoms with van der Waals surface area (Å²) >= 11 is 0. The van der Waals surface area contributed by atoms with Gasteiger partial charge < -0.3 is 20.8 Å². The number of nitrogens with one attached hydrogen (secondary N) is 2. The number of carbonyl (C=O) groups is 2. The van der Waals surface area contributed by atoms with Crippen LogP contribution >= 0.6 is 0 Å². The first-order valence-electron chi connectivity index (χ1n) is 4.94. The van der Waals surface area contributed by atoms with Crippen molar-refractivity contribution in [2.75, 3.05) is 13.1 Å². The molecular weight excluding hydrogens is 200 g/mol. The molecule has 1 amide bonds. The highest BCUT2D eigenvalue weighted by atomic mass is 16.4. The summed E-state index contributed by atoms with van der Waals surface area (Å²) in [4.78, 5) is 21.8. The highest BCUT2D eigenvalue weighted by Crippen LogP contribution is 2.14. The van der Waals surface area contributed by atoms with E-state index in [1.54, 1.807) is 0 Å². The van der Waals surface area contributed by atoms with Crippen LogP contribution in [0.1, 0.15) is 13.3 Å². The molecule has 0 radical (unpaired) electrons. The predicted molar refractivity (Wildman–Crippen MR) is 52.2 cm³/mol.